The molecular formula is C18H20BrN5O. The van der Waals surface area contributed by atoms with Crippen LogP contribution in [-0.2, 0) is 24.3 Å². The number of hydrogen-bond donors (Lipinski definition) is 1. The Kier molecular flexibility index (Phi) is 5.33. The molecule has 2 aromatic heterocycles. The van der Waals surface area contributed by atoms with Gasteiger partial charge in [-0.1, -0.05) is 30.3 Å². The molecule has 1 amide bonds. The zero-order chi connectivity index (χ0) is 17.8. The highest BCUT2D eigenvalue weighted by Crippen LogP contribution is 2.19. The van der Waals surface area contributed by atoms with Crippen LogP contribution in [0.25, 0.3) is 0 Å². The van der Waals surface area contributed by atoms with E-state index in [1.54, 1.807) is 10.9 Å². The molecule has 130 valence electrons. The number of aromatic nitrogens is 4. The number of carbonyl (C=O) groups is 1. The molecule has 0 spiro atoms. The summed E-state index contributed by atoms with van der Waals surface area (Å²) in [6, 6.07) is 10.3. The van der Waals surface area contributed by atoms with E-state index in [1.165, 1.54) is 5.56 Å². The lowest BCUT2D eigenvalue weighted by Crippen LogP contribution is -2.20. The third-order valence-electron chi connectivity index (χ3n) is 3.98. The Balaban J connectivity index is 1.55. The quantitative estimate of drug-likeness (QED) is 0.688. The highest BCUT2D eigenvalue weighted by atomic mass is 79.9. The van der Waals surface area contributed by atoms with Gasteiger partial charge in [-0.15, -0.1) is 0 Å². The monoisotopic (exact) mass is 401 g/mol. The van der Waals surface area contributed by atoms with Gasteiger partial charge in [0, 0.05) is 12.7 Å². The summed E-state index contributed by atoms with van der Waals surface area (Å²) >= 11 is 3.47. The molecule has 7 heteroatoms. The third kappa shape index (κ3) is 4.36. The first-order chi connectivity index (χ1) is 12.0. The van der Waals surface area contributed by atoms with Crippen molar-refractivity contribution in [2.75, 3.05) is 5.32 Å². The molecule has 25 heavy (non-hydrogen) atoms. The van der Waals surface area contributed by atoms with E-state index in [9.17, 15) is 4.79 Å². The predicted octanol–water partition coefficient (Wildman–Crippen LogP) is 3.34. The van der Waals surface area contributed by atoms with Crippen LogP contribution in [-0.4, -0.2) is 25.5 Å². The predicted molar refractivity (Wildman–Crippen MR) is 100 cm³/mol. The summed E-state index contributed by atoms with van der Waals surface area (Å²) in [6.45, 7) is 4.78. The first-order valence-electron chi connectivity index (χ1n) is 8.08. The lowest BCUT2D eigenvalue weighted by molar-refractivity contribution is -0.116. The summed E-state index contributed by atoms with van der Waals surface area (Å²) in [5.41, 5.74) is 3.77. The van der Waals surface area contributed by atoms with Gasteiger partial charge in [-0.2, -0.15) is 10.2 Å². The van der Waals surface area contributed by atoms with Crippen molar-refractivity contribution in [3.05, 3.63) is 64.1 Å². The maximum atomic E-state index is 12.2. The van der Waals surface area contributed by atoms with Crippen LogP contribution in [0.5, 0.6) is 0 Å². The molecule has 0 radical (unpaired) electrons. The molecule has 0 atom stereocenters. The fourth-order valence-electron chi connectivity index (χ4n) is 2.60. The largest absolute Gasteiger partial charge is 0.322 e. The zero-order valence-electron chi connectivity index (χ0n) is 14.2. The Bertz CT molecular complexity index is 869. The maximum absolute atomic E-state index is 12.2. The number of aryl methyl sites for hydroxylation is 3. The van der Waals surface area contributed by atoms with E-state index < -0.39 is 0 Å². The first kappa shape index (κ1) is 17.4. The van der Waals surface area contributed by atoms with E-state index in [2.05, 4.69) is 43.6 Å². The molecule has 0 bridgehead atoms. The summed E-state index contributed by atoms with van der Waals surface area (Å²) in [4.78, 5) is 12.2. The van der Waals surface area contributed by atoms with Crippen molar-refractivity contribution < 1.29 is 4.79 Å². The summed E-state index contributed by atoms with van der Waals surface area (Å²) in [6.07, 6.45) is 4.41. The number of hydrogen-bond acceptors (Lipinski definition) is 3. The van der Waals surface area contributed by atoms with Crippen LogP contribution in [0.1, 0.15) is 17.0 Å². The van der Waals surface area contributed by atoms with Crippen LogP contribution in [0.4, 0.5) is 5.69 Å². The van der Waals surface area contributed by atoms with Crippen molar-refractivity contribution in [1.82, 2.24) is 19.6 Å². The normalized spacial score (nSPS) is 10.8. The fourth-order valence-corrected chi connectivity index (χ4v) is 2.89. The maximum Gasteiger partial charge on any atom is 0.246 e. The number of benzene rings is 1. The summed E-state index contributed by atoms with van der Waals surface area (Å²) in [5, 5.41) is 11.5. The van der Waals surface area contributed by atoms with Crippen LogP contribution in [0.3, 0.4) is 0 Å². The van der Waals surface area contributed by atoms with E-state index >= 15 is 0 Å². The SMILES string of the molecule is Cc1nn(CC(=O)Nc2cnn(CCc3ccccc3)c2)c(C)c1Br. The van der Waals surface area contributed by atoms with Gasteiger partial charge in [0.25, 0.3) is 0 Å². The number of rotatable bonds is 6. The average Bonchev–Trinajstić information content (AvgIpc) is 3.14. The van der Waals surface area contributed by atoms with Crippen molar-refractivity contribution in [1.29, 1.82) is 0 Å². The van der Waals surface area contributed by atoms with Gasteiger partial charge >= 0.3 is 0 Å². The molecule has 3 aromatic rings. The standard InChI is InChI=1S/C18H20BrN5O/c1-13-18(19)14(2)24(22-13)12-17(25)21-16-10-20-23(11-16)9-8-15-6-4-3-5-7-15/h3-7,10-11H,8-9,12H2,1-2H3,(H,21,25). The highest BCUT2D eigenvalue weighted by Gasteiger charge is 2.12. The van der Waals surface area contributed by atoms with Gasteiger partial charge in [0.05, 0.1) is 27.7 Å². The Morgan fingerprint density at radius 1 is 1.24 bits per heavy atom. The molecule has 3 rings (SSSR count). The van der Waals surface area contributed by atoms with Crippen molar-refractivity contribution in [2.24, 2.45) is 0 Å². The number of nitrogens with one attached hydrogen (secondary N) is 1. The van der Waals surface area contributed by atoms with Crippen LogP contribution < -0.4 is 5.32 Å². The van der Waals surface area contributed by atoms with Gasteiger partial charge in [-0.05, 0) is 41.8 Å². The Labute approximate surface area is 155 Å². The third-order valence-corrected chi connectivity index (χ3v) is 5.12. The molecule has 0 saturated carbocycles. The second-order valence-corrected chi connectivity index (χ2v) is 6.71. The topological polar surface area (TPSA) is 64.7 Å². The Morgan fingerprint density at radius 2 is 2.00 bits per heavy atom. The minimum Gasteiger partial charge on any atom is -0.322 e. The van der Waals surface area contributed by atoms with Crippen molar-refractivity contribution >= 4 is 27.5 Å². The molecule has 0 saturated heterocycles. The average molecular weight is 402 g/mol. The van der Waals surface area contributed by atoms with E-state index in [0.29, 0.717) is 5.69 Å². The van der Waals surface area contributed by atoms with Gasteiger partial charge in [0.2, 0.25) is 5.91 Å². The van der Waals surface area contributed by atoms with E-state index in [1.807, 2.05) is 42.9 Å². The smallest absolute Gasteiger partial charge is 0.246 e. The van der Waals surface area contributed by atoms with Crippen LogP contribution in [0, 0.1) is 13.8 Å². The van der Waals surface area contributed by atoms with Crippen LogP contribution >= 0.6 is 15.9 Å². The molecule has 0 aliphatic carbocycles. The van der Waals surface area contributed by atoms with Crippen molar-refractivity contribution in [3.63, 3.8) is 0 Å². The molecule has 1 N–H and O–H groups in total. The second-order valence-electron chi connectivity index (χ2n) is 5.92. The fraction of sp³-hybridized carbons (Fsp3) is 0.278. The Morgan fingerprint density at radius 3 is 2.68 bits per heavy atom. The number of halogens is 1. The molecule has 6 nitrogen and oxygen atoms in total. The first-order valence-corrected chi connectivity index (χ1v) is 8.88. The number of nitrogens with zero attached hydrogens (tertiary/aromatic N) is 4. The molecule has 1 aromatic carbocycles. The van der Waals surface area contributed by atoms with E-state index in [0.717, 1.165) is 28.8 Å². The minimum absolute atomic E-state index is 0.124. The number of anilines is 1. The minimum atomic E-state index is -0.124. The van der Waals surface area contributed by atoms with Gasteiger partial charge in [-0.3, -0.25) is 14.2 Å². The zero-order valence-corrected chi connectivity index (χ0v) is 15.8. The number of carbonyl (C=O) groups excluding carboxylic acids is 1. The molecule has 0 unspecified atom stereocenters. The molecular weight excluding hydrogens is 382 g/mol. The number of amides is 1. The summed E-state index contributed by atoms with van der Waals surface area (Å²) < 4.78 is 4.46. The van der Waals surface area contributed by atoms with Crippen molar-refractivity contribution in [3.8, 4) is 0 Å². The molecule has 2 heterocycles. The van der Waals surface area contributed by atoms with Crippen LogP contribution in [0.2, 0.25) is 0 Å². The second kappa shape index (κ2) is 7.65. The van der Waals surface area contributed by atoms with E-state index in [4.69, 9.17) is 0 Å². The lowest BCUT2D eigenvalue weighted by Gasteiger charge is -2.05. The summed E-state index contributed by atoms with van der Waals surface area (Å²) in [7, 11) is 0. The van der Waals surface area contributed by atoms with Crippen molar-refractivity contribution in [2.45, 2.75) is 33.4 Å². The highest BCUT2D eigenvalue weighted by molar-refractivity contribution is 9.10. The van der Waals surface area contributed by atoms with Crippen LogP contribution in [0.15, 0.2) is 47.2 Å². The molecule has 0 fully saturated rings. The molecule has 0 aliphatic rings. The lowest BCUT2D eigenvalue weighted by atomic mass is 10.1. The van der Waals surface area contributed by atoms with Gasteiger partial charge in [0.1, 0.15) is 6.54 Å². The van der Waals surface area contributed by atoms with Gasteiger partial charge in [0.15, 0.2) is 0 Å². The van der Waals surface area contributed by atoms with Gasteiger partial charge in [-0.25, -0.2) is 0 Å². The Hall–Kier alpha value is -2.41. The van der Waals surface area contributed by atoms with E-state index in [-0.39, 0.29) is 12.5 Å². The molecule has 0 aliphatic heterocycles. The summed E-state index contributed by atoms with van der Waals surface area (Å²) in [5.74, 6) is -0.124. The van der Waals surface area contributed by atoms with Gasteiger partial charge < -0.3 is 5.32 Å².